The summed E-state index contributed by atoms with van der Waals surface area (Å²) in [6, 6.07) is 26.6. The summed E-state index contributed by atoms with van der Waals surface area (Å²) in [5.41, 5.74) is 2.78. The number of amidine groups is 1. The minimum Gasteiger partial charge on any atom is -0.349 e. The van der Waals surface area contributed by atoms with Gasteiger partial charge in [-0.05, 0) is 36.1 Å². The second kappa shape index (κ2) is 9.78. The second-order valence-corrected chi connectivity index (χ2v) is 9.31. The van der Waals surface area contributed by atoms with Crippen LogP contribution in [0, 0.1) is 0 Å². The molecule has 3 aromatic carbocycles. The summed E-state index contributed by atoms with van der Waals surface area (Å²) in [6.45, 7) is 0.355. The maximum atomic E-state index is 12.6. The van der Waals surface area contributed by atoms with Gasteiger partial charge in [0.2, 0.25) is 5.91 Å². The topological polar surface area (TPSA) is 87.6 Å². The van der Waals surface area contributed by atoms with E-state index in [0.29, 0.717) is 37.2 Å². The van der Waals surface area contributed by atoms with Gasteiger partial charge in [-0.1, -0.05) is 72.8 Å². The van der Waals surface area contributed by atoms with Gasteiger partial charge in [-0.3, -0.25) is 14.5 Å². The summed E-state index contributed by atoms with van der Waals surface area (Å²) in [4.78, 5) is 17.3. The van der Waals surface area contributed by atoms with Crippen LogP contribution in [-0.2, 0) is 21.2 Å². The van der Waals surface area contributed by atoms with Crippen LogP contribution in [0.2, 0.25) is 0 Å². The molecule has 7 heteroatoms. The monoisotopic (exact) mass is 447 g/mol. The van der Waals surface area contributed by atoms with E-state index >= 15 is 0 Å². The van der Waals surface area contributed by atoms with Crippen molar-refractivity contribution >= 4 is 21.8 Å². The standard InChI is InChI=1S/C25H25N3O3S/c29-24(16-9-17-26-25-21-14-7-8-15-23(21)32(30,31)28-25)27-22(20-12-5-2-6-13-20)18-19-10-3-1-4-11-19/h1-8,10-15,22H,9,16-18H2,(H,26,28)(H,27,29)/t22-/m1/s1. The van der Waals surface area contributed by atoms with E-state index in [1.54, 1.807) is 24.3 Å². The molecule has 4 rings (SSSR count). The molecular weight excluding hydrogens is 422 g/mol. The Balaban J connectivity index is 1.36. The fraction of sp³-hybridized carbons (Fsp3) is 0.200. The molecule has 0 unspecified atom stereocenters. The third-order valence-corrected chi connectivity index (χ3v) is 6.71. The van der Waals surface area contributed by atoms with Crippen molar-refractivity contribution in [2.75, 3.05) is 6.54 Å². The maximum absolute atomic E-state index is 12.6. The zero-order valence-corrected chi connectivity index (χ0v) is 18.4. The molecule has 6 nitrogen and oxygen atoms in total. The number of hydrogen-bond acceptors (Lipinski definition) is 4. The number of fused-ring (bicyclic) bond motifs is 1. The second-order valence-electron chi connectivity index (χ2n) is 7.66. The van der Waals surface area contributed by atoms with E-state index in [4.69, 9.17) is 0 Å². The molecule has 0 aliphatic carbocycles. The molecule has 1 amide bonds. The Bertz CT molecular complexity index is 1210. The van der Waals surface area contributed by atoms with Crippen LogP contribution in [0.1, 0.15) is 35.6 Å². The number of benzene rings is 3. The van der Waals surface area contributed by atoms with Crippen LogP contribution in [0.4, 0.5) is 0 Å². The highest BCUT2D eigenvalue weighted by molar-refractivity contribution is 7.90. The molecule has 0 radical (unpaired) electrons. The third-order valence-electron chi connectivity index (χ3n) is 5.31. The third kappa shape index (κ3) is 5.23. The first-order chi connectivity index (χ1) is 15.5. The lowest BCUT2D eigenvalue weighted by Gasteiger charge is -2.19. The lowest BCUT2D eigenvalue weighted by molar-refractivity contribution is -0.121. The fourth-order valence-corrected chi connectivity index (χ4v) is 4.99. The summed E-state index contributed by atoms with van der Waals surface area (Å²) in [5.74, 6) is 0.287. The molecule has 1 heterocycles. The molecule has 1 atom stereocenters. The van der Waals surface area contributed by atoms with Crippen LogP contribution in [-0.4, -0.2) is 26.7 Å². The van der Waals surface area contributed by atoms with Gasteiger partial charge in [0, 0.05) is 18.5 Å². The van der Waals surface area contributed by atoms with Crippen molar-refractivity contribution in [2.45, 2.75) is 30.2 Å². The quantitative estimate of drug-likeness (QED) is 0.517. The highest BCUT2D eigenvalue weighted by Gasteiger charge is 2.29. The molecule has 0 spiro atoms. The summed E-state index contributed by atoms with van der Waals surface area (Å²) >= 11 is 0. The number of amides is 1. The summed E-state index contributed by atoms with van der Waals surface area (Å²) < 4.78 is 26.8. The summed E-state index contributed by atoms with van der Waals surface area (Å²) in [6.07, 6.45) is 1.53. The van der Waals surface area contributed by atoms with Crippen LogP contribution in [0.15, 0.2) is 94.8 Å². The highest BCUT2D eigenvalue weighted by atomic mass is 32.2. The highest BCUT2D eigenvalue weighted by Crippen LogP contribution is 2.22. The van der Waals surface area contributed by atoms with Crippen molar-refractivity contribution in [3.63, 3.8) is 0 Å². The van der Waals surface area contributed by atoms with E-state index in [2.05, 4.69) is 27.2 Å². The van der Waals surface area contributed by atoms with Crippen LogP contribution < -0.4 is 10.0 Å². The SMILES string of the molecule is O=C(CCCN=C1NS(=O)(=O)c2ccccc21)N[C@H](Cc1ccccc1)c1ccccc1. The van der Waals surface area contributed by atoms with Crippen LogP contribution in [0.3, 0.4) is 0 Å². The van der Waals surface area contributed by atoms with E-state index in [1.165, 1.54) is 0 Å². The summed E-state index contributed by atoms with van der Waals surface area (Å²) in [5, 5.41) is 3.14. The molecule has 0 fully saturated rings. The van der Waals surface area contributed by atoms with E-state index < -0.39 is 10.0 Å². The average molecular weight is 448 g/mol. The van der Waals surface area contributed by atoms with Crippen molar-refractivity contribution in [2.24, 2.45) is 4.99 Å². The molecule has 0 bridgehead atoms. The average Bonchev–Trinajstić information content (AvgIpc) is 3.08. The maximum Gasteiger partial charge on any atom is 0.263 e. The molecule has 2 N–H and O–H groups in total. The van der Waals surface area contributed by atoms with E-state index in [9.17, 15) is 13.2 Å². The van der Waals surface area contributed by atoms with Crippen molar-refractivity contribution in [3.05, 3.63) is 102 Å². The predicted octanol–water partition coefficient (Wildman–Crippen LogP) is 3.61. The first-order valence-electron chi connectivity index (χ1n) is 10.6. The smallest absolute Gasteiger partial charge is 0.263 e. The number of carbonyl (C=O) groups is 1. The minimum absolute atomic E-state index is 0.0533. The number of aliphatic imine (C=N–C) groups is 1. The molecular formula is C25H25N3O3S. The Kier molecular flexibility index (Phi) is 6.66. The molecule has 32 heavy (non-hydrogen) atoms. The van der Waals surface area contributed by atoms with Gasteiger partial charge in [0.15, 0.2) is 0 Å². The minimum atomic E-state index is -3.54. The van der Waals surface area contributed by atoms with Gasteiger partial charge in [0.25, 0.3) is 10.0 Å². The van der Waals surface area contributed by atoms with Gasteiger partial charge < -0.3 is 5.32 Å². The zero-order valence-electron chi connectivity index (χ0n) is 17.6. The number of nitrogens with zero attached hydrogens (tertiary/aromatic N) is 1. The molecule has 0 saturated carbocycles. The molecule has 3 aromatic rings. The van der Waals surface area contributed by atoms with Gasteiger partial charge in [-0.25, -0.2) is 8.42 Å². The lowest BCUT2D eigenvalue weighted by Crippen LogP contribution is -2.30. The molecule has 1 aliphatic heterocycles. The number of hydrogen-bond donors (Lipinski definition) is 2. The molecule has 0 saturated heterocycles. The van der Waals surface area contributed by atoms with Gasteiger partial charge in [-0.15, -0.1) is 0 Å². The normalized spacial score (nSPS) is 16.2. The molecule has 164 valence electrons. The van der Waals surface area contributed by atoms with Gasteiger partial charge >= 0.3 is 0 Å². The Morgan fingerprint density at radius 3 is 2.31 bits per heavy atom. The van der Waals surface area contributed by atoms with Crippen molar-refractivity contribution in [1.82, 2.24) is 10.0 Å². The van der Waals surface area contributed by atoms with Gasteiger partial charge in [0.05, 0.1) is 10.9 Å². The first-order valence-corrected chi connectivity index (χ1v) is 12.1. The number of sulfonamides is 1. The molecule has 1 aliphatic rings. The Morgan fingerprint density at radius 1 is 0.906 bits per heavy atom. The predicted molar refractivity (Wildman–Crippen MR) is 125 cm³/mol. The summed E-state index contributed by atoms with van der Waals surface area (Å²) in [7, 11) is -3.54. The van der Waals surface area contributed by atoms with Crippen LogP contribution in [0.5, 0.6) is 0 Å². The van der Waals surface area contributed by atoms with Crippen molar-refractivity contribution in [3.8, 4) is 0 Å². The first kappa shape index (κ1) is 21.8. The Hall–Kier alpha value is -3.45. The van der Waals surface area contributed by atoms with Crippen molar-refractivity contribution in [1.29, 1.82) is 0 Å². The number of rotatable bonds is 8. The van der Waals surface area contributed by atoms with Gasteiger partial charge in [0.1, 0.15) is 5.84 Å². The van der Waals surface area contributed by atoms with E-state index in [0.717, 1.165) is 11.1 Å². The lowest BCUT2D eigenvalue weighted by atomic mass is 9.98. The zero-order chi connectivity index (χ0) is 22.4. The number of nitrogens with one attached hydrogen (secondary N) is 2. The largest absolute Gasteiger partial charge is 0.349 e. The van der Waals surface area contributed by atoms with Crippen molar-refractivity contribution < 1.29 is 13.2 Å². The fourth-order valence-electron chi connectivity index (χ4n) is 3.74. The number of carbonyl (C=O) groups excluding carboxylic acids is 1. The van der Waals surface area contributed by atoms with Gasteiger partial charge in [-0.2, -0.15) is 0 Å². The Morgan fingerprint density at radius 2 is 1.56 bits per heavy atom. The Labute approximate surface area is 188 Å². The van der Waals surface area contributed by atoms with Crippen LogP contribution in [0.25, 0.3) is 0 Å². The van der Waals surface area contributed by atoms with E-state index in [-0.39, 0.29) is 16.8 Å². The molecule has 0 aromatic heterocycles. The van der Waals surface area contributed by atoms with E-state index in [1.807, 2.05) is 48.5 Å². The van der Waals surface area contributed by atoms with Crippen LogP contribution >= 0.6 is 0 Å².